The van der Waals surface area contributed by atoms with Crippen molar-refractivity contribution < 1.29 is 28.6 Å². The molecule has 0 N–H and O–H groups in total. The lowest BCUT2D eigenvalue weighted by atomic mass is 10.1. The van der Waals surface area contributed by atoms with Crippen molar-refractivity contribution in [2.45, 2.75) is 194 Å². The largest absolute Gasteiger partial charge is 0.462 e. The van der Waals surface area contributed by atoms with Gasteiger partial charge in [0, 0.05) is 19.3 Å². The van der Waals surface area contributed by atoms with Crippen molar-refractivity contribution in [1.82, 2.24) is 0 Å². The number of esters is 3. The molecule has 0 aromatic carbocycles. The fraction of sp³-hybridized carbons (Fsp3) is 0.582. The molecule has 0 saturated carbocycles. The molecule has 0 spiro atoms. The zero-order valence-corrected chi connectivity index (χ0v) is 38.9. The fourth-order valence-electron chi connectivity index (χ4n) is 5.93. The number of carbonyl (C=O) groups excluding carboxylic acids is 3. The van der Waals surface area contributed by atoms with E-state index in [0.29, 0.717) is 19.3 Å². The molecule has 0 radical (unpaired) electrons. The van der Waals surface area contributed by atoms with Gasteiger partial charge in [0.05, 0.1) is 0 Å². The van der Waals surface area contributed by atoms with E-state index in [1.807, 2.05) is 0 Å². The van der Waals surface area contributed by atoms with Crippen molar-refractivity contribution in [3.63, 3.8) is 0 Å². The Balaban J connectivity index is 4.53. The van der Waals surface area contributed by atoms with Crippen LogP contribution in [-0.2, 0) is 28.6 Å². The lowest BCUT2D eigenvalue weighted by Gasteiger charge is -2.18. The maximum Gasteiger partial charge on any atom is 0.306 e. The van der Waals surface area contributed by atoms with Crippen molar-refractivity contribution in [1.29, 1.82) is 0 Å². The summed E-state index contributed by atoms with van der Waals surface area (Å²) in [6.45, 7) is 6.19. The molecule has 1 atom stereocenters. The minimum atomic E-state index is -0.818. The molecule has 0 aromatic rings. The highest BCUT2D eigenvalue weighted by atomic mass is 16.6. The van der Waals surface area contributed by atoms with E-state index in [2.05, 4.69) is 142 Å². The number of rotatable bonds is 41. The quantitative estimate of drug-likeness (QED) is 0.0264. The van der Waals surface area contributed by atoms with Gasteiger partial charge in [-0.25, -0.2) is 0 Å². The Morgan fingerprint density at radius 1 is 0.328 bits per heavy atom. The van der Waals surface area contributed by atoms with Gasteiger partial charge < -0.3 is 14.2 Å². The van der Waals surface area contributed by atoms with Gasteiger partial charge in [0.2, 0.25) is 0 Å². The summed E-state index contributed by atoms with van der Waals surface area (Å²) in [6.07, 6.45) is 66.1. The summed E-state index contributed by atoms with van der Waals surface area (Å²) < 4.78 is 16.7. The summed E-state index contributed by atoms with van der Waals surface area (Å²) in [5, 5.41) is 0. The summed E-state index contributed by atoms with van der Waals surface area (Å²) >= 11 is 0. The molecule has 0 rings (SSSR count). The predicted molar refractivity (Wildman–Crippen MR) is 260 cm³/mol. The Bertz CT molecular complexity index is 1340. The molecule has 1 unspecified atom stereocenters. The number of unbranched alkanes of at least 4 members (excludes halogenated alkanes) is 10. The summed E-state index contributed by atoms with van der Waals surface area (Å²) in [5.41, 5.74) is 0. The highest BCUT2D eigenvalue weighted by molar-refractivity contribution is 5.71. The second kappa shape index (κ2) is 48.5. The number of carbonyl (C=O) groups is 3. The second-order valence-corrected chi connectivity index (χ2v) is 15.2. The summed E-state index contributed by atoms with van der Waals surface area (Å²) in [5.74, 6) is -1.01. The normalized spacial score (nSPS) is 13.2. The van der Waals surface area contributed by atoms with Gasteiger partial charge in [-0.15, -0.1) is 0 Å². The Hall–Kier alpha value is -4.19. The molecule has 6 heteroatoms. The molecular weight excluding hydrogens is 757 g/mol. The molecule has 342 valence electrons. The van der Waals surface area contributed by atoms with Crippen molar-refractivity contribution in [3.05, 3.63) is 122 Å². The maximum absolute atomic E-state index is 12.7. The van der Waals surface area contributed by atoms with Crippen LogP contribution in [0.5, 0.6) is 0 Å². The van der Waals surface area contributed by atoms with Crippen LogP contribution in [0, 0.1) is 0 Å². The first-order chi connectivity index (χ1) is 30.0. The van der Waals surface area contributed by atoms with E-state index < -0.39 is 6.10 Å². The molecule has 0 aliphatic carbocycles. The van der Waals surface area contributed by atoms with E-state index in [-0.39, 0.29) is 37.5 Å². The lowest BCUT2D eigenvalue weighted by molar-refractivity contribution is -0.167. The monoisotopic (exact) mass is 843 g/mol. The fourth-order valence-corrected chi connectivity index (χ4v) is 5.93. The van der Waals surface area contributed by atoms with E-state index in [4.69, 9.17) is 14.2 Å². The molecule has 0 bridgehead atoms. The SMILES string of the molecule is CC/C=C\C/C=C\C/C=C\C/C=C\CCCCCCC(=O)OCC(COC(=O)CCCCC/C=C\C/C=C\C/C=C\CC)OC(=O)CCCCC/C=C\C/C=C\C/C=C\CC. The third kappa shape index (κ3) is 46.7. The highest BCUT2D eigenvalue weighted by Gasteiger charge is 2.19. The Morgan fingerprint density at radius 2 is 0.590 bits per heavy atom. The molecule has 0 heterocycles. The zero-order valence-electron chi connectivity index (χ0n) is 38.9. The van der Waals surface area contributed by atoms with E-state index in [9.17, 15) is 14.4 Å². The van der Waals surface area contributed by atoms with Gasteiger partial charge in [0.25, 0.3) is 0 Å². The van der Waals surface area contributed by atoms with Crippen molar-refractivity contribution in [3.8, 4) is 0 Å². The third-order valence-electron chi connectivity index (χ3n) is 9.44. The molecule has 0 aromatic heterocycles. The Kier molecular flexibility index (Phi) is 45.1. The molecule has 6 nitrogen and oxygen atoms in total. The first kappa shape index (κ1) is 56.8. The van der Waals surface area contributed by atoms with Crippen LogP contribution < -0.4 is 0 Å². The maximum atomic E-state index is 12.7. The van der Waals surface area contributed by atoms with Crippen LogP contribution in [0.1, 0.15) is 188 Å². The van der Waals surface area contributed by atoms with Gasteiger partial charge in [0.15, 0.2) is 6.10 Å². The Labute approximate surface area is 373 Å². The average Bonchev–Trinajstić information content (AvgIpc) is 3.26. The highest BCUT2D eigenvalue weighted by Crippen LogP contribution is 2.11. The van der Waals surface area contributed by atoms with Gasteiger partial charge in [-0.2, -0.15) is 0 Å². The number of allylic oxidation sites excluding steroid dienone is 20. The number of hydrogen-bond acceptors (Lipinski definition) is 6. The summed E-state index contributed by atoms with van der Waals surface area (Å²) in [4.78, 5) is 37.9. The van der Waals surface area contributed by atoms with E-state index in [0.717, 1.165) is 141 Å². The van der Waals surface area contributed by atoms with Crippen molar-refractivity contribution in [2.24, 2.45) is 0 Å². The standard InChI is InChI=1S/C55H86O6/c1-4-7-10-13-16-19-22-25-26-27-28-31-33-36-39-42-45-48-54(57)60-51-52(61-55(58)49-46-43-40-37-34-30-24-21-18-15-12-9-6-3)50-59-53(56)47-44-41-38-35-32-29-23-20-17-14-11-8-5-2/h7-12,16-21,25-26,28-32,34,52H,4-6,13-15,22-24,27,33,35-51H2,1-3H3/b10-7-,11-8-,12-9-,19-16-,20-17-,21-18-,26-25-,31-28-,32-29-,34-30-. The van der Waals surface area contributed by atoms with E-state index in [1.165, 1.54) is 0 Å². The first-order valence-electron chi connectivity index (χ1n) is 24.0. The minimum Gasteiger partial charge on any atom is -0.462 e. The molecule has 61 heavy (non-hydrogen) atoms. The summed E-state index contributed by atoms with van der Waals surface area (Å²) in [6, 6.07) is 0. The van der Waals surface area contributed by atoms with Crippen LogP contribution in [0.25, 0.3) is 0 Å². The molecule has 0 amide bonds. The lowest BCUT2D eigenvalue weighted by Crippen LogP contribution is -2.30. The summed E-state index contributed by atoms with van der Waals surface area (Å²) in [7, 11) is 0. The molecule has 0 fully saturated rings. The predicted octanol–water partition coefficient (Wildman–Crippen LogP) is 15.7. The van der Waals surface area contributed by atoms with Crippen LogP contribution in [0.3, 0.4) is 0 Å². The van der Waals surface area contributed by atoms with Crippen LogP contribution in [0.2, 0.25) is 0 Å². The van der Waals surface area contributed by atoms with Crippen LogP contribution in [0.4, 0.5) is 0 Å². The van der Waals surface area contributed by atoms with Crippen molar-refractivity contribution >= 4 is 17.9 Å². The van der Waals surface area contributed by atoms with E-state index >= 15 is 0 Å². The molecular formula is C55H86O6. The Morgan fingerprint density at radius 3 is 0.918 bits per heavy atom. The van der Waals surface area contributed by atoms with E-state index in [1.54, 1.807) is 0 Å². The van der Waals surface area contributed by atoms with Crippen LogP contribution >= 0.6 is 0 Å². The van der Waals surface area contributed by atoms with Crippen LogP contribution in [0.15, 0.2) is 122 Å². The second-order valence-electron chi connectivity index (χ2n) is 15.2. The molecule has 0 saturated heterocycles. The zero-order chi connectivity index (χ0) is 44.4. The van der Waals surface area contributed by atoms with Gasteiger partial charge in [-0.05, 0) is 122 Å². The average molecular weight is 843 g/mol. The smallest absolute Gasteiger partial charge is 0.306 e. The topological polar surface area (TPSA) is 78.9 Å². The number of hydrogen-bond donors (Lipinski definition) is 0. The minimum absolute atomic E-state index is 0.116. The van der Waals surface area contributed by atoms with Crippen LogP contribution in [-0.4, -0.2) is 37.2 Å². The first-order valence-corrected chi connectivity index (χ1v) is 24.0. The van der Waals surface area contributed by atoms with Crippen molar-refractivity contribution in [2.75, 3.05) is 13.2 Å². The molecule has 0 aliphatic heterocycles. The van der Waals surface area contributed by atoms with Gasteiger partial charge in [0.1, 0.15) is 13.2 Å². The van der Waals surface area contributed by atoms with Gasteiger partial charge in [-0.3, -0.25) is 14.4 Å². The van der Waals surface area contributed by atoms with Gasteiger partial charge in [-0.1, -0.05) is 168 Å². The van der Waals surface area contributed by atoms with Gasteiger partial charge >= 0.3 is 17.9 Å². The third-order valence-corrected chi connectivity index (χ3v) is 9.44. The number of ether oxygens (including phenoxy) is 3. The molecule has 0 aliphatic rings.